The Morgan fingerprint density at radius 3 is 2.56 bits per heavy atom. The number of carbonyl (C=O) groups excluding carboxylic acids is 1. The van der Waals surface area contributed by atoms with Gasteiger partial charge < -0.3 is 9.47 Å². The maximum Gasteiger partial charge on any atom is 0.258 e. The molecule has 0 saturated carbocycles. The summed E-state index contributed by atoms with van der Waals surface area (Å²) in [5.74, 6) is -0.0735. The van der Waals surface area contributed by atoms with Crippen LogP contribution in [0.4, 0.5) is 0 Å². The van der Waals surface area contributed by atoms with Crippen molar-refractivity contribution in [3.8, 4) is 0 Å². The van der Waals surface area contributed by atoms with Crippen LogP contribution in [0.15, 0.2) is 48.5 Å². The molecule has 5 heteroatoms. The highest BCUT2D eigenvalue weighted by Gasteiger charge is 2.14. The predicted molar refractivity (Wildman–Crippen MR) is 111 cm³/mol. The zero-order valence-corrected chi connectivity index (χ0v) is 16.0. The number of likely N-dealkylation sites (N-methyl/N-ethyl adjacent to an activating group) is 1. The van der Waals surface area contributed by atoms with E-state index in [-0.39, 0.29) is 5.91 Å². The molecule has 1 amide bonds. The Morgan fingerprint density at radius 1 is 1.04 bits per heavy atom. The number of fused-ring (bicyclic) bond motifs is 3. The molecule has 0 unspecified atom stereocenters. The summed E-state index contributed by atoms with van der Waals surface area (Å²) in [6.45, 7) is 6.77. The number of nitrogens with zero attached hydrogens (tertiary/aromatic N) is 3. The van der Waals surface area contributed by atoms with Crippen molar-refractivity contribution in [1.82, 2.24) is 19.9 Å². The van der Waals surface area contributed by atoms with Gasteiger partial charge in [-0.2, -0.15) is 0 Å². The minimum atomic E-state index is -0.0735. The molecule has 1 aromatic heterocycles. The first-order valence-corrected chi connectivity index (χ1v) is 9.59. The average molecular weight is 362 g/mol. The van der Waals surface area contributed by atoms with Crippen molar-refractivity contribution in [2.24, 2.45) is 0 Å². The summed E-state index contributed by atoms with van der Waals surface area (Å²) in [7, 11) is 2.10. The van der Waals surface area contributed by atoms with Crippen molar-refractivity contribution in [3.05, 3.63) is 54.1 Å². The van der Waals surface area contributed by atoms with E-state index in [1.807, 2.05) is 11.1 Å². The SMILES string of the molecule is CCn1c2ccccc2c2cc(/C=C/C(=O)NN3CCN(C)CC3)ccc21. The van der Waals surface area contributed by atoms with Gasteiger partial charge in [0.1, 0.15) is 0 Å². The lowest BCUT2D eigenvalue weighted by Crippen LogP contribution is -2.52. The summed E-state index contributed by atoms with van der Waals surface area (Å²) in [6, 6.07) is 14.9. The van der Waals surface area contributed by atoms with Gasteiger partial charge in [-0.25, -0.2) is 5.01 Å². The summed E-state index contributed by atoms with van der Waals surface area (Å²) < 4.78 is 2.33. The third kappa shape index (κ3) is 3.61. The van der Waals surface area contributed by atoms with E-state index < -0.39 is 0 Å². The molecule has 0 spiro atoms. The molecule has 4 rings (SSSR count). The van der Waals surface area contributed by atoms with Gasteiger partial charge in [-0.05, 0) is 43.8 Å². The number of nitrogens with one attached hydrogen (secondary N) is 1. The van der Waals surface area contributed by atoms with E-state index in [4.69, 9.17) is 0 Å². The molecule has 0 radical (unpaired) electrons. The van der Waals surface area contributed by atoms with Gasteiger partial charge in [0.15, 0.2) is 0 Å². The Morgan fingerprint density at radius 2 is 1.78 bits per heavy atom. The number of carbonyl (C=O) groups is 1. The molecule has 2 aromatic carbocycles. The van der Waals surface area contributed by atoms with Crippen LogP contribution in [0.25, 0.3) is 27.9 Å². The average Bonchev–Trinajstić information content (AvgIpc) is 3.01. The second-order valence-corrected chi connectivity index (χ2v) is 7.14. The smallest absolute Gasteiger partial charge is 0.258 e. The van der Waals surface area contributed by atoms with Crippen LogP contribution < -0.4 is 5.43 Å². The minimum Gasteiger partial charge on any atom is -0.341 e. The molecular formula is C22H26N4O. The van der Waals surface area contributed by atoms with Crippen LogP contribution in [0.5, 0.6) is 0 Å². The largest absolute Gasteiger partial charge is 0.341 e. The fraction of sp³-hybridized carbons (Fsp3) is 0.318. The second-order valence-electron chi connectivity index (χ2n) is 7.14. The molecular weight excluding hydrogens is 336 g/mol. The Balaban J connectivity index is 1.54. The molecule has 1 saturated heterocycles. The highest BCUT2D eigenvalue weighted by Crippen LogP contribution is 2.29. The molecule has 2 heterocycles. The number of aromatic nitrogens is 1. The van der Waals surface area contributed by atoms with Gasteiger partial charge in [0.2, 0.25) is 0 Å². The summed E-state index contributed by atoms with van der Waals surface area (Å²) in [5, 5.41) is 4.48. The first kappa shape index (κ1) is 17.8. The van der Waals surface area contributed by atoms with Crippen LogP contribution in [0.3, 0.4) is 0 Å². The van der Waals surface area contributed by atoms with Crippen LogP contribution in [-0.4, -0.2) is 53.6 Å². The number of rotatable bonds is 4. The Kier molecular flexibility index (Phi) is 4.97. The van der Waals surface area contributed by atoms with Crippen LogP contribution in [0, 0.1) is 0 Å². The van der Waals surface area contributed by atoms with Crippen molar-refractivity contribution in [3.63, 3.8) is 0 Å². The second kappa shape index (κ2) is 7.55. The van der Waals surface area contributed by atoms with E-state index in [1.54, 1.807) is 6.08 Å². The van der Waals surface area contributed by atoms with E-state index in [1.165, 1.54) is 21.8 Å². The summed E-state index contributed by atoms with van der Waals surface area (Å²) in [6.07, 6.45) is 3.52. The van der Waals surface area contributed by atoms with Gasteiger partial charge in [-0.1, -0.05) is 24.3 Å². The number of aryl methyl sites for hydroxylation is 1. The zero-order valence-electron chi connectivity index (χ0n) is 16.0. The lowest BCUT2D eigenvalue weighted by atomic mass is 10.1. The first-order valence-electron chi connectivity index (χ1n) is 9.59. The maximum absolute atomic E-state index is 12.2. The Hall–Kier alpha value is -2.63. The van der Waals surface area contributed by atoms with Crippen LogP contribution in [-0.2, 0) is 11.3 Å². The molecule has 140 valence electrons. The number of amides is 1. The maximum atomic E-state index is 12.2. The van der Waals surface area contributed by atoms with Crippen LogP contribution in [0.2, 0.25) is 0 Å². The van der Waals surface area contributed by atoms with E-state index in [9.17, 15) is 4.79 Å². The normalized spacial score (nSPS) is 16.5. The first-order chi connectivity index (χ1) is 13.2. The van der Waals surface area contributed by atoms with E-state index in [2.05, 4.69) is 71.3 Å². The molecule has 0 bridgehead atoms. The van der Waals surface area contributed by atoms with E-state index in [0.717, 1.165) is 38.3 Å². The predicted octanol–water partition coefficient (Wildman–Crippen LogP) is 3.11. The van der Waals surface area contributed by atoms with Gasteiger partial charge in [-0.3, -0.25) is 10.2 Å². The fourth-order valence-corrected chi connectivity index (χ4v) is 3.80. The molecule has 1 aliphatic heterocycles. The van der Waals surface area contributed by atoms with Gasteiger partial charge in [0.25, 0.3) is 5.91 Å². The van der Waals surface area contributed by atoms with Crippen LogP contribution in [0.1, 0.15) is 12.5 Å². The summed E-state index contributed by atoms with van der Waals surface area (Å²) in [4.78, 5) is 14.5. The van der Waals surface area contributed by atoms with Crippen molar-refractivity contribution in [2.75, 3.05) is 33.2 Å². The van der Waals surface area contributed by atoms with Gasteiger partial charge >= 0.3 is 0 Å². The number of hydrazine groups is 1. The van der Waals surface area contributed by atoms with Crippen LogP contribution >= 0.6 is 0 Å². The monoisotopic (exact) mass is 362 g/mol. The standard InChI is InChI=1S/C22H26N4O/c1-3-26-20-7-5-4-6-18(20)19-16-17(8-10-21(19)26)9-11-22(27)23-25-14-12-24(2)13-15-25/h4-11,16H,3,12-15H2,1-2H3,(H,23,27)/b11-9+. The number of para-hydroxylation sites is 1. The summed E-state index contributed by atoms with van der Waals surface area (Å²) in [5.41, 5.74) is 6.49. The third-order valence-electron chi connectivity index (χ3n) is 5.31. The van der Waals surface area contributed by atoms with Crippen molar-refractivity contribution < 1.29 is 4.79 Å². The highest BCUT2D eigenvalue weighted by atomic mass is 16.2. The molecule has 3 aromatic rings. The number of hydrogen-bond donors (Lipinski definition) is 1. The molecule has 0 atom stereocenters. The Labute approximate surface area is 159 Å². The van der Waals surface area contributed by atoms with E-state index in [0.29, 0.717) is 0 Å². The molecule has 0 aliphatic carbocycles. The van der Waals surface area contributed by atoms with Crippen molar-refractivity contribution in [1.29, 1.82) is 0 Å². The molecule has 1 aliphatic rings. The lowest BCUT2D eigenvalue weighted by molar-refractivity contribution is -0.121. The fourth-order valence-electron chi connectivity index (χ4n) is 3.80. The number of hydrogen-bond acceptors (Lipinski definition) is 3. The van der Waals surface area contributed by atoms with E-state index >= 15 is 0 Å². The van der Waals surface area contributed by atoms with Gasteiger partial charge in [0, 0.05) is 60.6 Å². The molecule has 1 N–H and O–H groups in total. The van der Waals surface area contributed by atoms with Gasteiger partial charge in [0.05, 0.1) is 0 Å². The lowest BCUT2D eigenvalue weighted by Gasteiger charge is -2.31. The zero-order chi connectivity index (χ0) is 18.8. The topological polar surface area (TPSA) is 40.5 Å². The quantitative estimate of drug-likeness (QED) is 0.725. The molecule has 27 heavy (non-hydrogen) atoms. The number of benzene rings is 2. The number of piperazine rings is 1. The molecule has 1 fully saturated rings. The van der Waals surface area contributed by atoms with Crippen molar-refractivity contribution >= 4 is 33.8 Å². The van der Waals surface area contributed by atoms with Crippen molar-refractivity contribution in [2.45, 2.75) is 13.5 Å². The third-order valence-corrected chi connectivity index (χ3v) is 5.31. The highest BCUT2D eigenvalue weighted by molar-refractivity contribution is 6.08. The Bertz CT molecular complexity index is 996. The minimum absolute atomic E-state index is 0.0735. The molecule has 5 nitrogen and oxygen atoms in total. The van der Waals surface area contributed by atoms with Gasteiger partial charge in [-0.15, -0.1) is 0 Å². The summed E-state index contributed by atoms with van der Waals surface area (Å²) >= 11 is 0.